The van der Waals surface area contributed by atoms with Crippen molar-refractivity contribution < 1.29 is 23.8 Å². The Hall–Kier alpha value is -4.32. The molecule has 0 fully saturated rings. The van der Waals surface area contributed by atoms with E-state index < -0.39 is 0 Å². The van der Waals surface area contributed by atoms with Gasteiger partial charge in [0.25, 0.3) is 0 Å². The summed E-state index contributed by atoms with van der Waals surface area (Å²) in [6.45, 7) is 1.73. The van der Waals surface area contributed by atoms with Crippen LogP contribution in [0.2, 0.25) is 0 Å². The molecular formula is C28H23NO5. The maximum absolute atomic E-state index is 13.1. The smallest absolute Gasteiger partial charge is 0.232 e. The molecule has 0 radical (unpaired) electrons. The highest BCUT2D eigenvalue weighted by Crippen LogP contribution is 2.38. The lowest BCUT2D eigenvalue weighted by molar-refractivity contribution is 0.0920. The van der Waals surface area contributed by atoms with Crippen LogP contribution >= 0.6 is 0 Å². The Bertz CT molecular complexity index is 1460. The molecule has 34 heavy (non-hydrogen) atoms. The molecule has 0 amide bonds. The van der Waals surface area contributed by atoms with Crippen LogP contribution in [0.1, 0.15) is 31.8 Å². The molecule has 1 aromatic heterocycles. The van der Waals surface area contributed by atoms with Gasteiger partial charge in [0.15, 0.2) is 18.1 Å². The van der Waals surface area contributed by atoms with E-state index in [-0.39, 0.29) is 23.9 Å². The molecule has 1 aliphatic heterocycles. The van der Waals surface area contributed by atoms with Gasteiger partial charge >= 0.3 is 0 Å². The van der Waals surface area contributed by atoms with E-state index in [1.165, 1.54) is 0 Å². The van der Waals surface area contributed by atoms with Gasteiger partial charge in [0.1, 0.15) is 17.2 Å². The van der Waals surface area contributed by atoms with Crippen LogP contribution in [-0.4, -0.2) is 29.9 Å². The van der Waals surface area contributed by atoms with Crippen LogP contribution in [0.5, 0.6) is 17.2 Å². The topological polar surface area (TPSA) is 66.8 Å². The number of allylic oxidation sites excluding steroid dienone is 1. The lowest BCUT2D eigenvalue weighted by atomic mass is 10.0. The summed E-state index contributed by atoms with van der Waals surface area (Å²) < 4.78 is 19.0. The van der Waals surface area contributed by atoms with Gasteiger partial charge in [0.2, 0.25) is 5.78 Å². The van der Waals surface area contributed by atoms with Crippen LogP contribution in [0.15, 0.2) is 72.6 Å². The van der Waals surface area contributed by atoms with Crippen molar-refractivity contribution in [1.29, 1.82) is 0 Å². The van der Waals surface area contributed by atoms with E-state index in [2.05, 4.69) is 0 Å². The van der Waals surface area contributed by atoms with Crippen molar-refractivity contribution in [2.24, 2.45) is 7.05 Å². The third kappa shape index (κ3) is 3.83. The number of hydrogen-bond donors (Lipinski definition) is 0. The number of aromatic nitrogens is 1. The standard InChI is InChI=1S/C28H23NO5/c1-17-11-21(33-16-24(30)18-7-5-4-6-8-18)14-25-27(17)28(31)26(34-25)12-19-15-29(2)23-10-9-20(32-3)13-22(19)23/h4-15H,16H2,1-3H3/b26-12-. The summed E-state index contributed by atoms with van der Waals surface area (Å²) in [5.41, 5.74) is 3.70. The molecule has 1 aliphatic rings. The minimum Gasteiger partial charge on any atom is -0.497 e. The summed E-state index contributed by atoms with van der Waals surface area (Å²) in [5.74, 6) is 1.58. The number of carbonyl (C=O) groups excluding carboxylic acids is 2. The highest BCUT2D eigenvalue weighted by atomic mass is 16.5. The van der Waals surface area contributed by atoms with Crippen LogP contribution in [-0.2, 0) is 7.05 Å². The van der Waals surface area contributed by atoms with Gasteiger partial charge in [0.05, 0.1) is 12.7 Å². The van der Waals surface area contributed by atoms with Gasteiger partial charge in [-0.3, -0.25) is 9.59 Å². The van der Waals surface area contributed by atoms with Gasteiger partial charge in [0, 0.05) is 41.3 Å². The summed E-state index contributed by atoms with van der Waals surface area (Å²) >= 11 is 0. The molecule has 6 nitrogen and oxygen atoms in total. The van der Waals surface area contributed by atoms with Gasteiger partial charge in [-0.2, -0.15) is 0 Å². The quantitative estimate of drug-likeness (QED) is 0.290. The maximum atomic E-state index is 13.1. The van der Waals surface area contributed by atoms with Crippen LogP contribution < -0.4 is 14.2 Å². The number of rotatable bonds is 6. The van der Waals surface area contributed by atoms with E-state index in [0.29, 0.717) is 22.6 Å². The largest absolute Gasteiger partial charge is 0.497 e. The Morgan fingerprint density at radius 2 is 1.85 bits per heavy atom. The number of benzene rings is 3. The number of carbonyl (C=O) groups is 2. The Labute approximate surface area is 197 Å². The summed E-state index contributed by atoms with van der Waals surface area (Å²) in [4.78, 5) is 25.5. The van der Waals surface area contributed by atoms with Crippen LogP contribution in [0.3, 0.4) is 0 Å². The second-order valence-electron chi connectivity index (χ2n) is 8.21. The van der Waals surface area contributed by atoms with Crippen molar-refractivity contribution in [3.05, 3.63) is 94.9 Å². The fourth-order valence-electron chi connectivity index (χ4n) is 4.20. The summed E-state index contributed by atoms with van der Waals surface area (Å²) in [7, 11) is 3.58. The number of aryl methyl sites for hydroxylation is 2. The van der Waals surface area contributed by atoms with Gasteiger partial charge in [-0.05, 0) is 42.8 Å². The van der Waals surface area contributed by atoms with E-state index in [0.717, 1.165) is 27.8 Å². The number of hydrogen-bond acceptors (Lipinski definition) is 5. The molecule has 0 spiro atoms. The molecule has 0 aliphatic carbocycles. The molecule has 0 N–H and O–H groups in total. The molecule has 5 rings (SSSR count). The average molecular weight is 453 g/mol. The SMILES string of the molecule is COc1ccc2c(c1)c(/C=C1\Oc3cc(OCC(=O)c4ccccc4)cc(C)c3C1=O)cn2C. The number of fused-ring (bicyclic) bond motifs is 2. The van der Waals surface area contributed by atoms with Crippen LogP contribution in [0, 0.1) is 6.92 Å². The first-order valence-electron chi connectivity index (χ1n) is 10.9. The Kier molecular flexibility index (Phi) is 5.42. The zero-order valence-corrected chi connectivity index (χ0v) is 19.1. The van der Waals surface area contributed by atoms with Gasteiger partial charge in [-0.25, -0.2) is 0 Å². The van der Waals surface area contributed by atoms with E-state index in [4.69, 9.17) is 14.2 Å². The lowest BCUT2D eigenvalue weighted by Crippen LogP contribution is -2.11. The molecule has 6 heteroatoms. The summed E-state index contributed by atoms with van der Waals surface area (Å²) in [5, 5.41) is 0.960. The van der Waals surface area contributed by atoms with E-state index in [9.17, 15) is 9.59 Å². The Morgan fingerprint density at radius 1 is 1.06 bits per heavy atom. The average Bonchev–Trinajstić information content (AvgIpc) is 3.33. The molecule has 2 heterocycles. The molecule has 3 aromatic carbocycles. The fourth-order valence-corrected chi connectivity index (χ4v) is 4.20. The van der Waals surface area contributed by atoms with Crippen molar-refractivity contribution in [3.8, 4) is 17.2 Å². The zero-order valence-electron chi connectivity index (χ0n) is 19.1. The van der Waals surface area contributed by atoms with E-state index >= 15 is 0 Å². The molecule has 170 valence electrons. The van der Waals surface area contributed by atoms with Crippen molar-refractivity contribution in [3.63, 3.8) is 0 Å². The Balaban J connectivity index is 1.41. The van der Waals surface area contributed by atoms with Gasteiger partial charge < -0.3 is 18.8 Å². The van der Waals surface area contributed by atoms with Crippen LogP contribution in [0.4, 0.5) is 0 Å². The Morgan fingerprint density at radius 3 is 2.62 bits per heavy atom. The molecule has 4 aromatic rings. The fraction of sp³-hybridized carbons (Fsp3) is 0.143. The first-order valence-corrected chi connectivity index (χ1v) is 10.9. The van der Waals surface area contributed by atoms with E-state index in [1.807, 2.05) is 61.1 Å². The highest BCUT2D eigenvalue weighted by molar-refractivity contribution is 6.16. The molecule has 0 atom stereocenters. The minimum atomic E-state index is -0.181. The maximum Gasteiger partial charge on any atom is 0.232 e. The van der Waals surface area contributed by atoms with Crippen molar-refractivity contribution in [2.75, 3.05) is 13.7 Å². The molecule has 0 saturated heterocycles. The van der Waals surface area contributed by atoms with E-state index in [1.54, 1.807) is 37.5 Å². The van der Waals surface area contributed by atoms with Crippen molar-refractivity contribution >= 4 is 28.5 Å². The molecule has 0 bridgehead atoms. The zero-order chi connectivity index (χ0) is 23.8. The summed E-state index contributed by atoms with van der Waals surface area (Å²) in [6, 6.07) is 18.2. The third-order valence-corrected chi connectivity index (χ3v) is 5.92. The predicted octanol–water partition coefficient (Wildman–Crippen LogP) is 5.37. The first-order chi connectivity index (χ1) is 16.4. The summed E-state index contributed by atoms with van der Waals surface area (Å²) in [6.07, 6.45) is 3.70. The predicted molar refractivity (Wildman–Crippen MR) is 130 cm³/mol. The molecule has 0 unspecified atom stereocenters. The number of nitrogens with zero attached hydrogens (tertiary/aromatic N) is 1. The van der Waals surface area contributed by atoms with Crippen LogP contribution in [0.25, 0.3) is 17.0 Å². The number of methoxy groups -OCH3 is 1. The second kappa shape index (κ2) is 8.56. The first kappa shape index (κ1) is 21.5. The molecule has 0 saturated carbocycles. The number of Topliss-reactive ketones (excluding diaryl/α,β-unsaturated/α-hetero) is 2. The third-order valence-electron chi connectivity index (χ3n) is 5.92. The van der Waals surface area contributed by atoms with Crippen molar-refractivity contribution in [2.45, 2.75) is 6.92 Å². The minimum absolute atomic E-state index is 0.100. The number of ether oxygens (including phenoxy) is 3. The lowest BCUT2D eigenvalue weighted by Gasteiger charge is -2.08. The van der Waals surface area contributed by atoms with Gasteiger partial charge in [-0.15, -0.1) is 0 Å². The van der Waals surface area contributed by atoms with Gasteiger partial charge in [-0.1, -0.05) is 30.3 Å². The second-order valence-corrected chi connectivity index (χ2v) is 8.21. The van der Waals surface area contributed by atoms with Crippen molar-refractivity contribution in [1.82, 2.24) is 4.57 Å². The number of ketones is 2. The highest BCUT2D eigenvalue weighted by Gasteiger charge is 2.30. The normalized spacial score (nSPS) is 13.7. The monoisotopic (exact) mass is 453 g/mol. The molecular weight excluding hydrogens is 430 g/mol.